The molecular formula is C18H18N4O. The number of carbonyl (C=O) groups excluding carboxylic acids is 1. The molecule has 3 aromatic rings. The van der Waals surface area contributed by atoms with Crippen LogP contribution in [0.1, 0.15) is 0 Å². The number of pyridine rings is 1. The third-order valence-electron chi connectivity index (χ3n) is 3.54. The molecule has 0 saturated carbocycles. The maximum atomic E-state index is 12.2. The SMILES string of the molecule is CN(C)c1ccc(NC(=O)Nc2cccc3ncccc23)cc1. The van der Waals surface area contributed by atoms with Crippen LogP contribution in [0.4, 0.5) is 21.9 Å². The van der Waals surface area contributed by atoms with Crippen molar-refractivity contribution in [2.45, 2.75) is 0 Å². The van der Waals surface area contributed by atoms with Gasteiger partial charge in [-0.25, -0.2) is 4.79 Å². The quantitative estimate of drug-likeness (QED) is 0.770. The van der Waals surface area contributed by atoms with Gasteiger partial charge in [0.15, 0.2) is 0 Å². The van der Waals surface area contributed by atoms with Crippen molar-refractivity contribution in [3.05, 3.63) is 60.8 Å². The minimum Gasteiger partial charge on any atom is -0.378 e. The number of anilines is 3. The minimum absolute atomic E-state index is 0.279. The van der Waals surface area contributed by atoms with Gasteiger partial charge >= 0.3 is 6.03 Å². The molecule has 5 nitrogen and oxygen atoms in total. The number of urea groups is 1. The number of hydrogen-bond acceptors (Lipinski definition) is 3. The Morgan fingerprint density at radius 3 is 2.48 bits per heavy atom. The molecule has 2 N–H and O–H groups in total. The number of hydrogen-bond donors (Lipinski definition) is 2. The summed E-state index contributed by atoms with van der Waals surface area (Å²) in [6.45, 7) is 0. The molecule has 116 valence electrons. The molecule has 1 aromatic heterocycles. The summed E-state index contributed by atoms with van der Waals surface area (Å²) in [5.74, 6) is 0. The summed E-state index contributed by atoms with van der Waals surface area (Å²) >= 11 is 0. The lowest BCUT2D eigenvalue weighted by molar-refractivity contribution is 0.262. The number of carbonyl (C=O) groups is 1. The first kappa shape index (κ1) is 14.8. The first-order chi connectivity index (χ1) is 11.1. The normalized spacial score (nSPS) is 10.3. The Morgan fingerprint density at radius 1 is 0.957 bits per heavy atom. The van der Waals surface area contributed by atoms with Crippen LogP contribution in [0.3, 0.4) is 0 Å². The van der Waals surface area contributed by atoms with E-state index >= 15 is 0 Å². The van der Waals surface area contributed by atoms with Gasteiger partial charge in [-0.3, -0.25) is 4.98 Å². The van der Waals surface area contributed by atoms with Crippen molar-refractivity contribution < 1.29 is 4.79 Å². The van der Waals surface area contributed by atoms with Crippen LogP contribution in [0.2, 0.25) is 0 Å². The summed E-state index contributed by atoms with van der Waals surface area (Å²) in [7, 11) is 3.95. The van der Waals surface area contributed by atoms with Crippen LogP contribution in [0.15, 0.2) is 60.8 Å². The van der Waals surface area contributed by atoms with E-state index in [0.29, 0.717) is 0 Å². The zero-order valence-electron chi connectivity index (χ0n) is 13.1. The van der Waals surface area contributed by atoms with Crippen molar-refractivity contribution >= 4 is 34.0 Å². The third kappa shape index (κ3) is 3.40. The van der Waals surface area contributed by atoms with Crippen LogP contribution in [-0.4, -0.2) is 25.1 Å². The number of nitrogens with zero attached hydrogens (tertiary/aromatic N) is 2. The smallest absolute Gasteiger partial charge is 0.323 e. The van der Waals surface area contributed by atoms with E-state index in [-0.39, 0.29) is 6.03 Å². The van der Waals surface area contributed by atoms with E-state index in [1.54, 1.807) is 6.20 Å². The summed E-state index contributed by atoms with van der Waals surface area (Å²) in [6, 6.07) is 16.8. The highest BCUT2D eigenvalue weighted by Gasteiger charge is 2.06. The van der Waals surface area contributed by atoms with Gasteiger partial charge in [-0.15, -0.1) is 0 Å². The second-order valence-corrected chi connectivity index (χ2v) is 5.40. The number of fused-ring (bicyclic) bond motifs is 1. The number of aromatic nitrogens is 1. The van der Waals surface area contributed by atoms with Gasteiger partial charge in [0.05, 0.1) is 11.2 Å². The van der Waals surface area contributed by atoms with Gasteiger partial charge in [0.2, 0.25) is 0 Å². The van der Waals surface area contributed by atoms with Gasteiger partial charge in [0.1, 0.15) is 0 Å². The highest BCUT2D eigenvalue weighted by Crippen LogP contribution is 2.22. The van der Waals surface area contributed by atoms with E-state index < -0.39 is 0 Å². The number of amides is 2. The molecule has 0 radical (unpaired) electrons. The van der Waals surface area contributed by atoms with E-state index in [1.165, 1.54) is 0 Å². The zero-order valence-corrected chi connectivity index (χ0v) is 13.1. The largest absolute Gasteiger partial charge is 0.378 e. The van der Waals surface area contributed by atoms with Crippen LogP contribution >= 0.6 is 0 Å². The van der Waals surface area contributed by atoms with E-state index in [4.69, 9.17) is 0 Å². The average Bonchev–Trinajstić information content (AvgIpc) is 2.55. The lowest BCUT2D eigenvalue weighted by Gasteiger charge is -2.13. The van der Waals surface area contributed by atoms with Gasteiger partial charge in [0.25, 0.3) is 0 Å². The molecule has 5 heteroatoms. The van der Waals surface area contributed by atoms with Gasteiger partial charge in [-0.2, -0.15) is 0 Å². The van der Waals surface area contributed by atoms with Gasteiger partial charge in [-0.1, -0.05) is 6.07 Å². The summed E-state index contributed by atoms with van der Waals surface area (Å²) < 4.78 is 0. The molecular weight excluding hydrogens is 288 g/mol. The fourth-order valence-corrected chi connectivity index (χ4v) is 2.34. The summed E-state index contributed by atoms with van der Waals surface area (Å²) in [6.07, 6.45) is 1.73. The second kappa shape index (κ2) is 6.36. The maximum absolute atomic E-state index is 12.2. The van der Waals surface area contributed by atoms with Crippen molar-refractivity contribution in [3.63, 3.8) is 0 Å². The summed E-state index contributed by atoms with van der Waals surface area (Å²) in [4.78, 5) is 18.5. The van der Waals surface area contributed by atoms with Crippen LogP contribution in [0.5, 0.6) is 0 Å². The lowest BCUT2D eigenvalue weighted by atomic mass is 10.2. The molecule has 0 atom stereocenters. The fraction of sp³-hybridized carbons (Fsp3) is 0.111. The predicted octanol–water partition coefficient (Wildman–Crippen LogP) is 3.94. The Labute approximate surface area is 135 Å². The van der Waals surface area contributed by atoms with Crippen molar-refractivity contribution in [1.29, 1.82) is 0 Å². The number of nitrogens with one attached hydrogen (secondary N) is 2. The molecule has 0 saturated heterocycles. The first-order valence-electron chi connectivity index (χ1n) is 7.32. The monoisotopic (exact) mass is 306 g/mol. The molecule has 0 aliphatic rings. The molecule has 0 spiro atoms. The topological polar surface area (TPSA) is 57.3 Å². The zero-order chi connectivity index (χ0) is 16.2. The highest BCUT2D eigenvalue weighted by atomic mass is 16.2. The second-order valence-electron chi connectivity index (χ2n) is 5.40. The fourth-order valence-electron chi connectivity index (χ4n) is 2.34. The van der Waals surface area contributed by atoms with Gasteiger partial charge in [-0.05, 0) is 48.5 Å². The molecule has 0 fully saturated rings. The Kier molecular flexibility index (Phi) is 4.10. The Bertz CT molecular complexity index is 823. The standard InChI is InChI=1S/C18H18N4O/c1-22(2)14-10-8-13(9-11-14)20-18(23)21-17-7-3-6-16-15(17)5-4-12-19-16/h3-12H,1-2H3,(H2,20,21,23). The molecule has 0 unspecified atom stereocenters. The average molecular weight is 306 g/mol. The Morgan fingerprint density at radius 2 is 1.74 bits per heavy atom. The number of rotatable bonds is 3. The van der Waals surface area contributed by atoms with Gasteiger partial charge in [0, 0.05) is 37.1 Å². The van der Waals surface area contributed by atoms with E-state index in [2.05, 4.69) is 15.6 Å². The molecule has 1 heterocycles. The van der Waals surface area contributed by atoms with Crippen molar-refractivity contribution in [1.82, 2.24) is 4.98 Å². The van der Waals surface area contributed by atoms with Crippen molar-refractivity contribution in [3.8, 4) is 0 Å². The Balaban J connectivity index is 1.73. The van der Waals surface area contributed by atoms with Crippen molar-refractivity contribution in [2.24, 2.45) is 0 Å². The highest BCUT2D eigenvalue weighted by molar-refractivity contribution is 6.05. The maximum Gasteiger partial charge on any atom is 0.323 e. The third-order valence-corrected chi connectivity index (χ3v) is 3.54. The van der Waals surface area contributed by atoms with E-state index in [9.17, 15) is 4.79 Å². The lowest BCUT2D eigenvalue weighted by Crippen LogP contribution is -2.19. The molecule has 23 heavy (non-hydrogen) atoms. The van der Waals surface area contributed by atoms with E-state index in [0.717, 1.165) is 28.0 Å². The minimum atomic E-state index is -0.279. The summed E-state index contributed by atoms with van der Waals surface area (Å²) in [5, 5.41) is 6.61. The van der Waals surface area contributed by atoms with Crippen LogP contribution in [-0.2, 0) is 0 Å². The van der Waals surface area contributed by atoms with Crippen LogP contribution in [0, 0.1) is 0 Å². The summed E-state index contributed by atoms with van der Waals surface area (Å²) in [5.41, 5.74) is 3.40. The predicted molar refractivity (Wildman–Crippen MR) is 95.2 cm³/mol. The van der Waals surface area contributed by atoms with Crippen LogP contribution < -0.4 is 15.5 Å². The molecule has 0 aliphatic heterocycles. The molecule has 0 bridgehead atoms. The Hall–Kier alpha value is -3.08. The van der Waals surface area contributed by atoms with Gasteiger partial charge < -0.3 is 15.5 Å². The molecule has 0 aliphatic carbocycles. The molecule has 2 aromatic carbocycles. The molecule has 2 amide bonds. The first-order valence-corrected chi connectivity index (χ1v) is 7.32. The van der Waals surface area contributed by atoms with E-state index in [1.807, 2.05) is 73.6 Å². The number of benzene rings is 2. The molecule has 3 rings (SSSR count). The van der Waals surface area contributed by atoms with Crippen molar-refractivity contribution in [2.75, 3.05) is 29.6 Å². The van der Waals surface area contributed by atoms with Crippen LogP contribution in [0.25, 0.3) is 10.9 Å².